The molecule has 0 amide bonds. The molecule has 1 aromatic rings. The Hall–Kier alpha value is -2.02. The van der Waals surface area contributed by atoms with Gasteiger partial charge in [-0.15, -0.1) is 0 Å². The molecule has 0 spiro atoms. The van der Waals surface area contributed by atoms with Crippen LogP contribution < -0.4 is 0 Å². The summed E-state index contributed by atoms with van der Waals surface area (Å²) in [5, 5.41) is 19.5. The van der Waals surface area contributed by atoms with Gasteiger partial charge in [0.25, 0.3) is 0 Å². The van der Waals surface area contributed by atoms with Gasteiger partial charge in [0, 0.05) is 0 Å². The molecular formula is C18H25N2O2+. The number of aliphatic hydroxyl groups is 1. The van der Waals surface area contributed by atoms with Gasteiger partial charge in [0.2, 0.25) is 5.39 Å². The van der Waals surface area contributed by atoms with Crippen molar-refractivity contribution in [2.45, 2.75) is 46.1 Å². The van der Waals surface area contributed by atoms with Crippen molar-refractivity contribution >= 4 is 5.70 Å². The van der Waals surface area contributed by atoms with Crippen LogP contribution in [0.1, 0.15) is 45.6 Å². The third kappa shape index (κ3) is 3.79. The molecule has 0 unspecified atom stereocenters. The van der Waals surface area contributed by atoms with Gasteiger partial charge in [-0.3, -0.25) is 0 Å². The number of ether oxygens (including phenoxy) is 1. The highest BCUT2D eigenvalue weighted by Gasteiger charge is 2.35. The van der Waals surface area contributed by atoms with Gasteiger partial charge in [-0.2, -0.15) is 0 Å². The smallest absolute Gasteiger partial charge is 0.471 e. The molecule has 1 fully saturated rings. The summed E-state index contributed by atoms with van der Waals surface area (Å²) < 4.78 is 5.82. The van der Waals surface area contributed by atoms with Gasteiger partial charge in [0.1, 0.15) is 6.10 Å². The zero-order valence-corrected chi connectivity index (χ0v) is 13.6. The van der Waals surface area contributed by atoms with Crippen LogP contribution in [0.25, 0.3) is 10.7 Å². The Bertz CT molecular complexity index is 560. The van der Waals surface area contributed by atoms with Gasteiger partial charge in [0.05, 0.1) is 5.56 Å². The van der Waals surface area contributed by atoms with Crippen molar-refractivity contribution in [2.75, 3.05) is 0 Å². The van der Waals surface area contributed by atoms with Crippen molar-refractivity contribution in [3.63, 3.8) is 0 Å². The number of hydrogen-bond donors (Lipinski definition) is 1. The highest BCUT2D eigenvalue weighted by molar-refractivity contribution is 5.70. The van der Waals surface area contributed by atoms with E-state index in [-0.39, 0.29) is 17.7 Å². The Labute approximate surface area is 132 Å². The molecule has 0 aromatic heterocycles. The van der Waals surface area contributed by atoms with E-state index >= 15 is 0 Å². The van der Waals surface area contributed by atoms with Crippen molar-refractivity contribution in [1.29, 1.82) is 5.39 Å². The first kappa shape index (κ1) is 16.4. The second kappa shape index (κ2) is 7.31. The zero-order valence-electron chi connectivity index (χ0n) is 13.6. The molecule has 1 aliphatic carbocycles. The third-order valence-electron chi connectivity index (χ3n) is 4.57. The predicted molar refractivity (Wildman–Crippen MR) is 87.3 cm³/mol. The van der Waals surface area contributed by atoms with E-state index in [0.29, 0.717) is 23.3 Å². The van der Waals surface area contributed by atoms with Crippen molar-refractivity contribution in [3.05, 3.63) is 46.8 Å². The largest absolute Gasteiger partial charge is 0.475 e. The number of nitrogens with zero attached hydrogens (tertiary/aromatic N) is 2. The molecule has 118 valence electrons. The molecule has 0 heterocycles. The second-order valence-corrected chi connectivity index (χ2v) is 6.60. The molecule has 0 radical (unpaired) electrons. The van der Waals surface area contributed by atoms with Gasteiger partial charge in [-0.25, -0.2) is 0 Å². The van der Waals surface area contributed by atoms with Crippen LogP contribution in [0.15, 0.2) is 36.3 Å². The highest BCUT2D eigenvalue weighted by atomic mass is 16.6. The van der Waals surface area contributed by atoms with E-state index in [0.717, 1.165) is 12.8 Å². The lowest BCUT2D eigenvalue weighted by molar-refractivity contribution is -0.0424. The Morgan fingerprint density at radius 1 is 1.27 bits per heavy atom. The second-order valence-electron chi connectivity index (χ2n) is 6.60. The van der Waals surface area contributed by atoms with Crippen LogP contribution in [0.4, 0.5) is 0 Å². The first-order valence-corrected chi connectivity index (χ1v) is 8.03. The minimum Gasteiger partial charge on any atom is -0.475 e. The van der Waals surface area contributed by atoms with Gasteiger partial charge < -0.3 is 9.84 Å². The standard InChI is InChI=1S/C18H24N2O2/c1-12(2)15-10-9-13(3)11-16(15)22-18(21)17(20-19)14-7-5-4-6-8-14/h4-8,12-13,15-16H,9-11H2,1-3H3/p+1/b18-17-/t13-,15+,16-/m0/s1. The maximum atomic E-state index is 10.3. The fourth-order valence-electron chi connectivity index (χ4n) is 3.27. The van der Waals surface area contributed by atoms with Gasteiger partial charge in [-0.05, 0) is 42.7 Å². The van der Waals surface area contributed by atoms with E-state index in [4.69, 9.17) is 4.74 Å². The van der Waals surface area contributed by atoms with Crippen molar-refractivity contribution in [2.24, 2.45) is 17.8 Å². The molecule has 1 aromatic carbocycles. The summed E-state index contributed by atoms with van der Waals surface area (Å²) in [6.45, 7) is 6.58. The quantitative estimate of drug-likeness (QED) is 0.614. The first-order valence-electron chi connectivity index (χ1n) is 8.03. The first-order chi connectivity index (χ1) is 10.5. The molecule has 1 N–H and O–H groups in total. The van der Waals surface area contributed by atoms with E-state index in [9.17, 15) is 10.5 Å². The summed E-state index contributed by atoms with van der Waals surface area (Å²) in [6.07, 6.45) is 3.18. The Balaban J connectivity index is 2.22. The predicted octanol–water partition coefficient (Wildman–Crippen LogP) is 5.20. The van der Waals surface area contributed by atoms with Crippen LogP contribution in [0.5, 0.6) is 0 Å². The molecule has 0 aliphatic heterocycles. The Morgan fingerprint density at radius 2 is 1.95 bits per heavy atom. The normalized spacial score (nSPS) is 26.2. The van der Waals surface area contributed by atoms with Crippen molar-refractivity contribution in [1.82, 2.24) is 0 Å². The Morgan fingerprint density at radius 3 is 2.55 bits per heavy atom. The minimum atomic E-state index is -0.293. The molecule has 0 saturated heterocycles. The number of aliphatic hydroxyl groups excluding tert-OH is 1. The van der Waals surface area contributed by atoms with Gasteiger partial charge in [0.15, 0.2) is 4.98 Å². The Kier molecular flexibility index (Phi) is 5.43. The lowest BCUT2D eigenvalue weighted by Crippen LogP contribution is -2.34. The van der Waals surface area contributed by atoms with Crippen LogP contribution >= 0.6 is 0 Å². The van der Waals surface area contributed by atoms with E-state index in [1.165, 1.54) is 6.42 Å². The van der Waals surface area contributed by atoms with E-state index in [2.05, 4.69) is 25.7 Å². The summed E-state index contributed by atoms with van der Waals surface area (Å²) in [5.41, 5.74) is 0.716. The molecule has 4 heteroatoms. The summed E-state index contributed by atoms with van der Waals surface area (Å²) in [6, 6.07) is 9.07. The molecule has 0 bridgehead atoms. The van der Waals surface area contributed by atoms with Gasteiger partial charge in [-0.1, -0.05) is 45.4 Å². The van der Waals surface area contributed by atoms with E-state index in [1.807, 2.05) is 18.2 Å². The monoisotopic (exact) mass is 301 g/mol. The van der Waals surface area contributed by atoms with Gasteiger partial charge >= 0.3 is 11.6 Å². The van der Waals surface area contributed by atoms with E-state index in [1.54, 1.807) is 12.1 Å². The molecule has 22 heavy (non-hydrogen) atoms. The molecule has 2 rings (SSSR count). The van der Waals surface area contributed by atoms with Crippen LogP contribution in [0, 0.1) is 23.1 Å². The minimum absolute atomic E-state index is 0.0378. The number of hydrogen-bond acceptors (Lipinski definition) is 3. The average molecular weight is 301 g/mol. The summed E-state index contributed by atoms with van der Waals surface area (Å²) in [7, 11) is 0. The molecular weight excluding hydrogens is 276 g/mol. The number of benzene rings is 1. The maximum absolute atomic E-state index is 10.3. The topological polar surface area (TPSA) is 57.6 Å². The van der Waals surface area contributed by atoms with Crippen LogP contribution in [-0.4, -0.2) is 11.2 Å². The molecule has 4 nitrogen and oxygen atoms in total. The molecule has 3 atom stereocenters. The van der Waals surface area contributed by atoms with Crippen LogP contribution in [-0.2, 0) is 4.74 Å². The SMILES string of the molecule is CC(C)[C@H]1CC[C@H](C)C[C@@H]1O/C(O)=C(\[N+]#N)c1ccccc1. The zero-order chi connectivity index (χ0) is 16.1. The summed E-state index contributed by atoms with van der Waals surface area (Å²) in [5.74, 6) is 1.20. The summed E-state index contributed by atoms with van der Waals surface area (Å²) >= 11 is 0. The fourth-order valence-corrected chi connectivity index (χ4v) is 3.27. The fraction of sp³-hybridized carbons (Fsp3) is 0.556. The average Bonchev–Trinajstić information content (AvgIpc) is 2.48. The molecule has 1 saturated carbocycles. The third-order valence-corrected chi connectivity index (χ3v) is 4.57. The number of diazo groups is 1. The van der Waals surface area contributed by atoms with Crippen molar-refractivity contribution in [3.8, 4) is 0 Å². The highest BCUT2D eigenvalue weighted by Crippen LogP contribution is 2.36. The summed E-state index contributed by atoms with van der Waals surface area (Å²) in [4.78, 5) is 3.22. The van der Waals surface area contributed by atoms with Crippen molar-refractivity contribution < 1.29 is 9.84 Å². The van der Waals surface area contributed by atoms with E-state index < -0.39 is 0 Å². The lowest BCUT2D eigenvalue weighted by Gasteiger charge is -2.36. The lowest BCUT2D eigenvalue weighted by atomic mass is 9.75. The molecule has 1 aliphatic rings. The maximum Gasteiger partial charge on any atom is 0.471 e. The van der Waals surface area contributed by atoms with Crippen LogP contribution in [0.2, 0.25) is 0 Å². The number of rotatable bonds is 4. The van der Waals surface area contributed by atoms with Crippen LogP contribution in [0.3, 0.4) is 0 Å².